The molecule has 1 atom stereocenters. The number of rotatable bonds is 4. The average molecular weight is 339 g/mol. The summed E-state index contributed by atoms with van der Waals surface area (Å²) in [6, 6.07) is 2.48. The molecule has 1 fully saturated rings. The van der Waals surface area contributed by atoms with Gasteiger partial charge in [0.25, 0.3) is 0 Å². The minimum atomic E-state index is -4.87. The zero-order valence-corrected chi connectivity index (χ0v) is 11.9. The maximum Gasteiger partial charge on any atom is 0.573 e. The van der Waals surface area contributed by atoms with Gasteiger partial charge in [-0.15, -0.1) is 13.2 Å². The number of carboxylic acids is 1. The summed E-state index contributed by atoms with van der Waals surface area (Å²) < 4.78 is 65.3. The van der Waals surface area contributed by atoms with Gasteiger partial charge in [-0.05, 0) is 37.1 Å². The lowest BCUT2D eigenvalue weighted by Crippen LogP contribution is -2.40. The fourth-order valence-corrected chi connectivity index (χ4v) is 3.87. The van der Waals surface area contributed by atoms with Crippen LogP contribution in [-0.4, -0.2) is 42.7 Å². The van der Waals surface area contributed by atoms with Crippen molar-refractivity contribution in [2.75, 3.05) is 6.54 Å². The first-order valence-corrected chi connectivity index (χ1v) is 7.66. The van der Waals surface area contributed by atoms with Gasteiger partial charge in [0.15, 0.2) is 0 Å². The van der Waals surface area contributed by atoms with Crippen molar-refractivity contribution in [3.05, 3.63) is 24.3 Å². The first kappa shape index (κ1) is 16.6. The number of carboxylic acid groups (broad SMARTS) is 1. The van der Waals surface area contributed by atoms with E-state index in [0.29, 0.717) is 6.42 Å². The predicted molar refractivity (Wildman–Crippen MR) is 67.7 cm³/mol. The Morgan fingerprint density at radius 3 is 2.36 bits per heavy atom. The largest absolute Gasteiger partial charge is 0.573 e. The molecular weight excluding hydrogens is 327 g/mol. The molecule has 1 aromatic carbocycles. The highest BCUT2D eigenvalue weighted by atomic mass is 32.2. The molecule has 0 bridgehead atoms. The summed E-state index contributed by atoms with van der Waals surface area (Å²) in [6.07, 6.45) is -4.26. The SMILES string of the molecule is O=C(O)[C@@H]1CCCN1S(=O)(=O)c1ccc(OC(F)(F)F)cc1. The van der Waals surface area contributed by atoms with Gasteiger partial charge < -0.3 is 9.84 Å². The Balaban J connectivity index is 2.25. The smallest absolute Gasteiger partial charge is 0.480 e. The third-order valence-corrected chi connectivity index (χ3v) is 5.08. The van der Waals surface area contributed by atoms with E-state index < -0.39 is 34.1 Å². The number of benzene rings is 1. The Hall–Kier alpha value is -1.81. The summed E-state index contributed by atoms with van der Waals surface area (Å²) in [5.74, 6) is -1.80. The Morgan fingerprint density at radius 2 is 1.86 bits per heavy atom. The quantitative estimate of drug-likeness (QED) is 0.905. The monoisotopic (exact) mass is 339 g/mol. The highest BCUT2D eigenvalue weighted by molar-refractivity contribution is 7.89. The minimum absolute atomic E-state index is 0.0557. The summed E-state index contributed by atoms with van der Waals surface area (Å²) in [5.41, 5.74) is 0. The van der Waals surface area contributed by atoms with Crippen LogP contribution in [0.15, 0.2) is 29.2 Å². The maximum atomic E-state index is 12.3. The summed E-state index contributed by atoms with van der Waals surface area (Å²) in [5, 5.41) is 9.01. The molecule has 0 amide bonds. The standard InChI is InChI=1S/C12H12F3NO5S/c13-12(14,15)21-8-3-5-9(6-4-8)22(19,20)16-7-1-2-10(16)11(17)18/h3-6,10H,1-2,7H2,(H,17,18)/t10-/m0/s1. The van der Waals surface area contributed by atoms with E-state index in [0.717, 1.165) is 28.6 Å². The van der Waals surface area contributed by atoms with Gasteiger partial charge in [0.05, 0.1) is 4.90 Å². The van der Waals surface area contributed by atoms with Crippen molar-refractivity contribution in [1.29, 1.82) is 0 Å². The van der Waals surface area contributed by atoms with E-state index in [4.69, 9.17) is 5.11 Å². The van der Waals surface area contributed by atoms with Gasteiger partial charge in [-0.3, -0.25) is 4.79 Å². The maximum absolute atomic E-state index is 12.3. The van der Waals surface area contributed by atoms with Crippen molar-refractivity contribution in [2.24, 2.45) is 0 Å². The van der Waals surface area contributed by atoms with E-state index in [1.54, 1.807) is 0 Å². The van der Waals surface area contributed by atoms with Crippen molar-refractivity contribution in [1.82, 2.24) is 4.31 Å². The van der Waals surface area contributed by atoms with E-state index in [1.807, 2.05) is 0 Å². The Labute approximate surface area is 124 Å². The number of aliphatic carboxylic acids is 1. The molecule has 2 rings (SSSR count). The van der Waals surface area contributed by atoms with Gasteiger partial charge in [-0.1, -0.05) is 0 Å². The van der Waals surface area contributed by atoms with Crippen LogP contribution in [0.25, 0.3) is 0 Å². The van der Waals surface area contributed by atoms with Crippen LogP contribution in [0.2, 0.25) is 0 Å². The number of halogens is 3. The first-order chi connectivity index (χ1) is 10.1. The molecular formula is C12H12F3NO5S. The van der Waals surface area contributed by atoms with E-state index in [1.165, 1.54) is 0 Å². The van der Waals surface area contributed by atoms with E-state index >= 15 is 0 Å². The lowest BCUT2D eigenvalue weighted by Gasteiger charge is -2.21. The average Bonchev–Trinajstić information content (AvgIpc) is 2.87. The third kappa shape index (κ3) is 3.50. The topological polar surface area (TPSA) is 83.9 Å². The molecule has 1 aromatic rings. The number of hydrogen-bond acceptors (Lipinski definition) is 4. The fraction of sp³-hybridized carbons (Fsp3) is 0.417. The number of carbonyl (C=O) groups is 1. The molecule has 10 heteroatoms. The molecule has 0 saturated carbocycles. The van der Waals surface area contributed by atoms with Crippen molar-refractivity contribution in [2.45, 2.75) is 30.1 Å². The normalized spacial score (nSPS) is 20.0. The van der Waals surface area contributed by atoms with Crippen LogP contribution < -0.4 is 4.74 Å². The Morgan fingerprint density at radius 1 is 1.27 bits per heavy atom. The summed E-state index contributed by atoms with van der Waals surface area (Å²) in [6.45, 7) is 0.0557. The molecule has 0 unspecified atom stereocenters. The van der Waals surface area contributed by atoms with Crippen LogP contribution >= 0.6 is 0 Å². The molecule has 0 radical (unpaired) electrons. The number of sulfonamides is 1. The molecule has 0 aromatic heterocycles. The van der Waals surface area contributed by atoms with Gasteiger partial charge in [-0.2, -0.15) is 4.31 Å². The first-order valence-electron chi connectivity index (χ1n) is 6.22. The minimum Gasteiger partial charge on any atom is -0.480 e. The molecule has 1 heterocycles. The molecule has 1 N–H and O–H groups in total. The number of nitrogens with zero attached hydrogens (tertiary/aromatic N) is 1. The van der Waals surface area contributed by atoms with Crippen LogP contribution in [0.4, 0.5) is 13.2 Å². The Kier molecular flexibility index (Phi) is 4.34. The molecule has 0 spiro atoms. The van der Waals surface area contributed by atoms with Crippen LogP contribution in [0, 0.1) is 0 Å². The van der Waals surface area contributed by atoms with Crippen LogP contribution in [0.5, 0.6) is 5.75 Å². The van der Waals surface area contributed by atoms with Crippen molar-refractivity contribution in [3.63, 3.8) is 0 Å². The van der Waals surface area contributed by atoms with E-state index in [2.05, 4.69) is 4.74 Å². The van der Waals surface area contributed by atoms with Crippen LogP contribution in [-0.2, 0) is 14.8 Å². The van der Waals surface area contributed by atoms with Gasteiger partial charge in [0, 0.05) is 6.54 Å². The predicted octanol–water partition coefficient (Wildman–Crippen LogP) is 1.82. The van der Waals surface area contributed by atoms with Crippen LogP contribution in [0.3, 0.4) is 0 Å². The number of hydrogen-bond donors (Lipinski definition) is 1. The molecule has 1 saturated heterocycles. The second-order valence-electron chi connectivity index (χ2n) is 4.63. The molecule has 1 aliphatic rings. The highest BCUT2D eigenvalue weighted by Gasteiger charge is 2.39. The summed E-state index contributed by atoms with van der Waals surface area (Å²) in [4.78, 5) is 10.8. The van der Waals surface area contributed by atoms with E-state index in [9.17, 15) is 26.4 Å². The van der Waals surface area contributed by atoms with Gasteiger partial charge in [0.2, 0.25) is 10.0 Å². The molecule has 6 nitrogen and oxygen atoms in total. The highest BCUT2D eigenvalue weighted by Crippen LogP contribution is 2.28. The van der Waals surface area contributed by atoms with Gasteiger partial charge in [0.1, 0.15) is 11.8 Å². The molecule has 0 aliphatic carbocycles. The lowest BCUT2D eigenvalue weighted by molar-refractivity contribution is -0.274. The van der Waals surface area contributed by atoms with Gasteiger partial charge in [-0.25, -0.2) is 8.42 Å². The second kappa shape index (κ2) is 5.76. The lowest BCUT2D eigenvalue weighted by atomic mass is 10.2. The summed E-state index contributed by atoms with van der Waals surface area (Å²) >= 11 is 0. The van der Waals surface area contributed by atoms with Crippen LogP contribution in [0.1, 0.15) is 12.8 Å². The van der Waals surface area contributed by atoms with Crippen molar-refractivity contribution >= 4 is 16.0 Å². The molecule has 22 heavy (non-hydrogen) atoms. The number of alkyl halides is 3. The fourth-order valence-electron chi connectivity index (χ4n) is 2.22. The summed E-state index contributed by atoms with van der Waals surface area (Å²) in [7, 11) is -4.08. The van der Waals surface area contributed by atoms with Crippen molar-refractivity contribution in [3.8, 4) is 5.75 Å². The molecule has 122 valence electrons. The zero-order valence-electron chi connectivity index (χ0n) is 11.1. The Bertz CT molecular complexity index is 656. The zero-order chi connectivity index (χ0) is 16.5. The third-order valence-electron chi connectivity index (χ3n) is 3.15. The van der Waals surface area contributed by atoms with Gasteiger partial charge >= 0.3 is 12.3 Å². The van der Waals surface area contributed by atoms with Crippen molar-refractivity contribution < 1.29 is 36.2 Å². The molecule has 1 aliphatic heterocycles. The number of ether oxygens (including phenoxy) is 1. The second-order valence-corrected chi connectivity index (χ2v) is 6.52. The van der Waals surface area contributed by atoms with E-state index in [-0.39, 0.29) is 17.9 Å².